The third-order valence-corrected chi connectivity index (χ3v) is 3.17. The Hall–Kier alpha value is -2.06. The number of nitrogen functional groups attached to an aromatic ring is 1. The number of methoxy groups -OCH3 is 1. The monoisotopic (exact) mass is 307 g/mol. The van der Waals surface area contributed by atoms with Crippen LogP contribution in [0.1, 0.15) is 13.8 Å². The Balaban J connectivity index is 2.25. The first kappa shape index (κ1) is 15.3. The summed E-state index contributed by atoms with van der Waals surface area (Å²) in [4.78, 5) is 13.4. The van der Waals surface area contributed by atoms with Crippen LogP contribution in [-0.4, -0.2) is 28.2 Å². The standard InChI is InChI=1S/C13H17N5O2S/c1-8(2)20-12-15-11(18-14)16-13(17-12)21-10-6-4-5-9(7-10)19-3/h4-8H,14H2,1-3H3,(H,15,16,17,18). The fraction of sp³-hybridized carbons (Fsp3) is 0.308. The first-order chi connectivity index (χ1) is 10.1. The van der Waals surface area contributed by atoms with Gasteiger partial charge in [-0.05, 0) is 43.8 Å². The predicted octanol–water partition coefficient (Wildman–Crippen LogP) is 2.10. The Bertz CT molecular complexity index is 609. The number of hydrogen-bond acceptors (Lipinski definition) is 8. The smallest absolute Gasteiger partial charge is 0.322 e. The van der Waals surface area contributed by atoms with Gasteiger partial charge in [0.05, 0.1) is 13.2 Å². The first-order valence-corrected chi connectivity index (χ1v) is 7.13. The molecule has 0 unspecified atom stereocenters. The molecule has 3 N–H and O–H groups in total. The molecule has 2 aromatic rings. The van der Waals surface area contributed by atoms with Crippen molar-refractivity contribution in [2.24, 2.45) is 5.84 Å². The molecule has 0 amide bonds. The van der Waals surface area contributed by atoms with E-state index in [0.717, 1.165) is 10.6 Å². The van der Waals surface area contributed by atoms with Crippen LogP contribution in [-0.2, 0) is 0 Å². The van der Waals surface area contributed by atoms with Gasteiger partial charge in [-0.1, -0.05) is 6.07 Å². The summed E-state index contributed by atoms with van der Waals surface area (Å²) in [6.45, 7) is 3.79. The Morgan fingerprint density at radius 3 is 2.71 bits per heavy atom. The van der Waals surface area contributed by atoms with Crippen LogP contribution in [0.3, 0.4) is 0 Å². The summed E-state index contributed by atoms with van der Waals surface area (Å²) in [6.07, 6.45) is -0.0345. The fourth-order valence-corrected chi connectivity index (χ4v) is 2.27. The molecule has 0 aliphatic carbocycles. The molecule has 0 fully saturated rings. The number of anilines is 1. The molecule has 0 aliphatic rings. The number of rotatable bonds is 6. The number of nitrogens with two attached hydrogens (primary N) is 1. The van der Waals surface area contributed by atoms with Gasteiger partial charge in [0, 0.05) is 4.90 Å². The van der Waals surface area contributed by atoms with E-state index in [1.165, 1.54) is 11.8 Å². The number of nitrogens with zero attached hydrogens (tertiary/aromatic N) is 3. The van der Waals surface area contributed by atoms with Gasteiger partial charge in [-0.2, -0.15) is 15.0 Å². The van der Waals surface area contributed by atoms with E-state index in [2.05, 4.69) is 20.4 Å². The van der Waals surface area contributed by atoms with Crippen LogP contribution in [0.4, 0.5) is 5.95 Å². The maximum Gasteiger partial charge on any atom is 0.322 e. The minimum Gasteiger partial charge on any atom is -0.497 e. The van der Waals surface area contributed by atoms with Gasteiger partial charge in [-0.25, -0.2) is 5.84 Å². The van der Waals surface area contributed by atoms with Gasteiger partial charge >= 0.3 is 6.01 Å². The minimum atomic E-state index is -0.0345. The molecule has 0 atom stereocenters. The molecule has 21 heavy (non-hydrogen) atoms. The fourth-order valence-electron chi connectivity index (χ4n) is 1.48. The molecular formula is C13H17N5O2S. The topological polar surface area (TPSA) is 95.2 Å². The van der Waals surface area contributed by atoms with Gasteiger partial charge in [-0.3, -0.25) is 5.43 Å². The number of hydrogen-bond donors (Lipinski definition) is 2. The Kier molecular flexibility index (Phi) is 5.18. The maximum absolute atomic E-state index is 5.48. The molecule has 0 saturated carbocycles. The minimum absolute atomic E-state index is 0.0345. The molecule has 0 spiro atoms. The number of aromatic nitrogens is 3. The van der Waals surface area contributed by atoms with Crippen molar-refractivity contribution in [3.8, 4) is 11.8 Å². The molecule has 7 nitrogen and oxygen atoms in total. The van der Waals surface area contributed by atoms with E-state index in [0.29, 0.717) is 5.16 Å². The summed E-state index contributed by atoms with van der Waals surface area (Å²) >= 11 is 1.37. The van der Waals surface area contributed by atoms with Crippen LogP contribution in [0.5, 0.6) is 11.8 Å². The third kappa shape index (κ3) is 4.47. The molecule has 0 bridgehead atoms. The van der Waals surface area contributed by atoms with Gasteiger partial charge < -0.3 is 9.47 Å². The second-order valence-corrected chi connectivity index (χ2v) is 5.36. The van der Waals surface area contributed by atoms with Crippen molar-refractivity contribution in [2.45, 2.75) is 30.0 Å². The summed E-state index contributed by atoms with van der Waals surface area (Å²) in [6, 6.07) is 7.84. The zero-order valence-corrected chi connectivity index (χ0v) is 12.8. The van der Waals surface area contributed by atoms with E-state index in [-0.39, 0.29) is 18.1 Å². The number of ether oxygens (including phenoxy) is 2. The van der Waals surface area contributed by atoms with Crippen molar-refractivity contribution >= 4 is 17.7 Å². The van der Waals surface area contributed by atoms with Crippen molar-refractivity contribution in [3.63, 3.8) is 0 Å². The molecule has 1 heterocycles. The van der Waals surface area contributed by atoms with E-state index >= 15 is 0 Å². The summed E-state index contributed by atoms with van der Waals surface area (Å²) in [7, 11) is 1.62. The molecule has 1 aromatic carbocycles. The average molecular weight is 307 g/mol. The summed E-state index contributed by atoms with van der Waals surface area (Å²) in [5.74, 6) is 6.39. The summed E-state index contributed by atoms with van der Waals surface area (Å²) in [5.41, 5.74) is 2.41. The third-order valence-electron chi connectivity index (χ3n) is 2.31. The van der Waals surface area contributed by atoms with Crippen LogP contribution in [0.15, 0.2) is 34.3 Å². The van der Waals surface area contributed by atoms with Crippen molar-refractivity contribution in [3.05, 3.63) is 24.3 Å². The van der Waals surface area contributed by atoms with E-state index in [1.54, 1.807) is 7.11 Å². The number of hydrazine groups is 1. The predicted molar refractivity (Wildman–Crippen MR) is 80.5 cm³/mol. The van der Waals surface area contributed by atoms with Gasteiger partial charge in [0.2, 0.25) is 11.1 Å². The van der Waals surface area contributed by atoms with Crippen molar-refractivity contribution in [1.29, 1.82) is 0 Å². The highest BCUT2D eigenvalue weighted by molar-refractivity contribution is 7.99. The molecule has 2 rings (SSSR count). The largest absolute Gasteiger partial charge is 0.497 e. The van der Waals surface area contributed by atoms with Crippen molar-refractivity contribution in [2.75, 3.05) is 12.5 Å². The zero-order valence-electron chi connectivity index (χ0n) is 12.0. The SMILES string of the molecule is COc1cccc(Sc2nc(NN)nc(OC(C)C)n2)c1. The Labute approximate surface area is 127 Å². The second-order valence-electron chi connectivity index (χ2n) is 4.32. The average Bonchev–Trinajstić information content (AvgIpc) is 2.46. The molecule has 112 valence electrons. The number of benzene rings is 1. The second kappa shape index (κ2) is 7.09. The van der Waals surface area contributed by atoms with E-state index in [4.69, 9.17) is 15.3 Å². The van der Waals surface area contributed by atoms with Gasteiger partial charge in [-0.15, -0.1) is 0 Å². The van der Waals surface area contributed by atoms with Crippen molar-refractivity contribution < 1.29 is 9.47 Å². The van der Waals surface area contributed by atoms with E-state index in [9.17, 15) is 0 Å². The lowest BCUT2D eigenvalue weighted by molar-refractivity contribution is 0.219. The Morgan fingerprint density at radius 2 is 2.05 bits per heavy atom. The van der Waals surface area contributed by atoms with Gasteiger partial charge in [0.15, 0.2) is 0 Å². The van der Waals surface area contributed by atoms with Crippen LogP contribution < -0.4 is 20.7 Å². The lowest BCUT2D eigenvalue weighted by Gasteiger charge is -2.10. The summed E-state index contributed by atoms with van der Waals surface area (Å²) < 4.78 is 10.7. The molecule has 0 saturated heterocycles. The lowest BCUT2D eigenvalue weighted by Crippen LogP contribution is -2.14. The lowest BCUT2D eigenvalue weighted by atomic mass is 10.3. The van der Waals surface area contributed by atoms with E-state index in [1.807, 2.05) is 38.1 Å². The van der Waals surface area contributed by atoms with Gasteiger partial charge in [0.1, 0.15) is 5.75 Å². The van der Waals surface area contributed by atoms with Crippen LogP contribution in [0.25, 0.3) is 0 Å². The maximum atomic E-state index is 5.48. The van der Waals surface area contributed by atoms with Crippen LogP contribution >= 0.6 is 11.8 Å². The van der Waals surface area contributed by atoms with Crippen LogP contribution in [0, 0.1) is 0 Å². The molecular weight excluding hydrogens is 290 g/mol. The normalized spacial score (nSPS) is 10.5. The molecule has 1 aromatic heterocycles. The number of nitrogens with one attached hydrogen (secondary N) is 1. The molecule has 0 radical (unpaired) electrons. The molecule has 0 aliphatic heterocycles. The van der Waals surface area contributed by atoms with Gasteiger partial charge in [0.25, 0.3) is 0 Å². The highest BCUT2D eigenvalue weighted by atomic mass is 32.2. The quantitative estimate of drug-likeness (QED) is 0.619. The summed E-state index contributed by atoms with van der Waals surface area (Å²) in [5, 5.41) is 0.488. The highest BCUT2D eigenvalue weighted by Gasteiger charge is 2.10. The zero-order chi connectivity index (χ0) is 15.2. The van der Waals surface area contributed by atoms with E-state index < -0.39 is 0 Å². The van der Waals surface area contributed by atoms with Crippen LogP contribution in [0.2, 0.25) is 0 Å². The Morgan fingerprint density at radius 1 is 1.24 bits per heavy atom. The first-order valence-electron chi connectivity index (χ1n) is 6.32. The molecule has 8 heteroatoms. The highest BCUT2D eigenvalue weighted by Crippen LogP contribution is 2.28. The van der Waals surface area contributed by atoms with Crippen molar-refractivity contribution in [1.82, 2.24) is 15.0 Å².